The fraction of sp³-hybridized carbons (Fsp3) is 0.103. The quantitative estimate of drug-likeness (QED) is 0.181. The molecule has 0 aliphatic rings. The number of carbonyl (C=O) groups excluding carboxylic acids is 1. The molecule has 0 spiro atoms. The molecule has 5 rings (SSSR count). The fourth-order valence-corrected chi connectivity index (χ4v) is 5.11. The normalized spacial score (nSPS) is 11.2. The SMILES string of the molecule is COc1cc(C=NNC(=O)Cn2cnc3scc(-c4ccccc4)c3c2=O)ccc1OCc1c(F)cccc1Cl. The molecule has 8 nitrogen and oxygen atoms in total. The van der Waals surface area contributed by atoms with Crippen molar-refractivity contribution in [1.82, 2.24) is 15.0 Å². The molecule has 0 unspecified atom stereocenters. The van der Waals surface area contributed by atoms with E-state index in [2.05, 4.69) is 15.5 Å². The summed E-state index contributed by atoms with van der Waals surface area (Å²) in [5.41, 5.74) is 4.66. The van der Waals surface area contributed by atoms with Crippen LogP contribution in [0.3, 0.4) is 0 Å². The summed E-state index contributed by atoms with van der Waals surface area (Å²) in [5.74, 6) is -0.187. The number of thiophene rings is 1. The van der Waals surface area contributed by atoms with E-state index in [9.17, 15) is 14.0 Å². The molecule has 40 heavy (non-hydrogen) atoms. The first-order valence-electron chi connectivity index (χ1n) is 12.0. The minimum Gasteiger partial charge on any atom is -0.493 e. The highest BCUT2D eigenvalue weighted by molar-refractivity contribution is 7.17. The molecule has 2 heterocycles. The van der Waals surface area contributed by atoms with Gasteiger partial charge in [0, 0.05) is 16.5 Å². The number of halogens is 2. The average molecular weight is 577 g/mol. The van der Waals surface area contributed by atoms with Crippen molar-refractivity contribution in [2.45, 2.75) is 13.2 Å². The molecule has 0 saturated carbocycles. The molecule has 0 bridgehead atoms. The molecule has 2 aromatic heterocycles. The van der Waals surface area contributed by atoms with Crippen molar-refractivity contribution in [3.63, 3.8) is 0 Å². The molecule has 1 amide bonds. The minimum atomic E-state index is -0.496. The molecule has 0 aliphatic carbocycles. The van der Waals surface area contributed by atoms with Crippen LogP contribution in [0.4, 0.5) is 4.39 Å². The smallest absolute Gasteiger partial charge is 0.263 e. The van der Waals surface area contributed by atoms with Gasteiger partial charge in [-0.05, 0) is 41.5 Å². The van der Waals surface area contributed by atoms with Gasteiger partial charge < -0.3 is 9.47 Å². The maximum atomic E-state index is 14.0. The number of rotatable bonds is 9. The first-order chi connectivity index (χ1) is 19.4. The van der Waals surface area contributed by atoms with E-state index in [1.807, 2.05) is 35.7 Å². The zero-order valence-electron chi connectivity index (χ0n) is 21.1. The zero-order valence-corrected chi connectivity index (χ0v) is 22.7. The summed E-state index contributed by atoms with van der Waals surface area (Å²) in [4.78, 5) is 30.7. The van der Waals surface area contributed by atoms with Crippen LogP contribution in [-0.2, 0) is 17.9 Å². The van der Waals surface area contributed by atoms with Crippen LogP contribution < -0.4 is 20.5 Å². The predicted octanol–water partition coefficient (Wildman–Crippen LogP) is 5.66. The summed E-state index contributed by atoms with van der Waals surface area (Å²) in [5, 5.41) is 6.62. The molecular weight excluding hydrogens is 555 g/mol. The Kier molecular flexibility index (Phi) is 8.18. The van der Waals surface area contributed by atoms with E-state index in [0.29, 0.717) is 27.3 Å². The van der Waals surface area contributed by atoms with Crippen LogP contribution in [0.1, 0.15) is 11.1 Å². The van der Waals surface area contributed by atoms with Crippen molar-refractivity contribution in [3.05, 3.63) is 111 Å². The molecule has 0 saturated heterocycles. The molecule has 202 valence electrons. The number of aromatic nitrogens is 2. The summed E-state index contributed by atoms with van der Waals surface area (Å²) in [6.45, 7) is -0.332. The Morgan fingerprint density at radius 3 is 2.75 bits per heavy atom. The molecule has 0 radical (unpaired) electrons. The van der Waals surface area contributed by atoms with Gasteiger partial charge in [0.15, 0.2) is 11.5 Å². The zero-order chi connectivity index (χ0) is 28.1. The summed E-state index contributed by atoms with van der Waals surface area (Å²) in [7, 11) is 1.47. The van der Waals surface area contributed by atoms with Gasteiger partial charge in [0.1, 0.15) is 23.8 Å². The first-order valence-corrected chi connectivity index (χ1v) is 13.3. The monoisotopic (exact) mass is 576 g/mol. The van der Waals surface area contributed by atoms with Crippen LogP contribution >= 0.6 is 22.9 Å². The number of ether oxygens (including phenoxy) is 2. The fourth-order valence-electron chi connectivity index (χ4n) is 3.98. The van der Waals surface area contributed by atoms with Gasteiger partial charge in [0.25, 0.3) is 11.5 Å². The lowest BCUT2D eigenvalue weighted by molar-refractivity contribution is -0.121. The van der Waals surface area contributed by atoms with E-state index in [4.69, 9.17) is 21.1 Å². The van der Waals surface area contributed by atoms with Gasteiger partial charge in [0.05, 0.1) is 30.1 Å². The highest BCUT2D eigenvalue weighted by Crippen LogP contribution is 2.31. The highest BCUT2D eigenvalue weighted by Gasteiger charge is 2.15. The molecule has 5 aromatic rings. The first kappa shape index (κ1) is 27.0. The topological polar surface area (TPSA) is 94.8 Å². The average Bonchev–Trinajstić information content (AvgIpc) is 3.40. The number of carbonyl (C=O) groups is 1. The molecule has 0 fully saturated rings. The Morgan fingerprint density at radius 2 is 1.98 bits per heavy atom. The van der Waals surface area contributed by atoms with Gasteiger partial charge in [-0.25, -0.2) is 14.8 Å². The standard InChI is InChI=1S/C29H22ClFN4O4S/c1-38-25-12-18(10-11-24(25)39-15-20-22(30)8-5-9-23(20)31)13-33-34-26(36)14-35-17-32-28-27(29(35)37)21(16-40-28)19-6-3-2-4-7-19/h2-13,16-17H,14-15H2,1H3,(H,34,36). The van der Waals surface area contributed by atoms with Crippen molar-refractivity contribution >= 4 is 45.3 Å². The Hall–Kier alpha value is -4.54. The van der Waals surface area contributed by atoms with Gasteiger partial charge >= 0.3 is 0 Å². The van der Waals surface area contributed by atoms with Gasteiger partial charge in [-0.2, -0.15) is 5.10 Å². The number of hydrazone groups is 1. The number of nitrogens with zero attached hydrogens (tertiary/aromatic N) is 3. The lowest BCUT2D eigenvalue weighted by atomic mass is 10.1. The predicted molar refractivity (Wildman–Crippen MR) is 154 cm³/mol. The third-order valence-electron chi connectivity index (χ3n) is 5.98. The molecule has 3 aromatic carbocycles. The van der Waals surface area contributed by atoms with Crippen molar-refractivity contribution in [3.8, 4) is 22.6 Å². The van der Waals surface area contributed by atoms with Crippen molar-refractivity contribution < 1.29 is 18.7 Å². The van der Waals surface area contributed by atoms with Gasteiger partial charge in [-0.15, -0.1) is 11.3 Å². The van der Waals surface area contributed by atoms with E-state index >= 15 is 0 Å². The van der Waals surface area contributed by atoms with E-state index in [1.165, 1.54) is 47.7 Å². The lowest BCUT2D eigenvalue weighted by Crippen LogP contribution is -2.30. The minimum absolute atomic E-state index is 0.0798. The second kappa shape index (κ2) is 12.1. The second-order valence-corrected chi connectivity index (χ2v) is 9.83. The number of methoxy groups -OCH3 is 1. The Bertz CT molecular complexity index is 1750. The van der Waals surface area contributed by atoms with Gasteiger partial charge in [-0.1, -0.05) is 48.0 Å². The van der Waals surface area contributed by atoms with Crippen molar-refractivity contribution in [2.24, 2.45) is 5.10 Å². The van der Waals surface area contributed by atoms with Gasteiger partial charge in [-0.3, -0.25) is 14.2 Å². The third kappa shape index (κ3) is 5.88. The van der Waals surface area contributed by atoms with E-state index in [1.54, 1.807) is 24.3 Å². The number of benzene rings is 3. The second-order valence-electron chi connectivity index (χ2n) is 8.57. The van der Waals surface area contributed by atoms with Crippen molar-refractivity contribution in [2.75, 3.05) is 7.11 Å². The van der Waals surface area contributed by atoms with Gasteiger partial charge in [0.2, 0.25) is 0 Å². The third-order valence-corrected chi connectivity index (χ3v) is 7.22. The number of hydrogen-bond acceptors (Lipinski definition) is 7. The Balaban J connectivity index is 1.24. The summed E-state index contributed by atoms with van der Waals surface area (Å²) < 4.78 is 26.4. The Labute approximate surface area is 237 Å². The molecule has 1 N–H and O–H groups in total. The van der Waals surface area contributed by atoms with Crippen LogP contribution in [-0.4, -0.2) is 28.8 Å². The maximum Gasteiger partial charge on any atom is 0.263 e. The summed E-state index contributed by atoms with van der Waals surface area (Å²) in [6, 6.07) is 19.0. The largest absolute Gasteiger partial charge is 0.493 e. The van der Waals surface area contributed by atoms with Crippen LogP contribution in [0.25, 0.3) is 21.3 Å². The van der Waals surface area contributed by atoms with Crippen LogP contribution in [0, 0.1) is 5.82 Å². The number of hydrogen-bond donors (Lipinski definition) is 1. The van der Waals surface area contributed by atoms with E-state index in [0.717, 1.165) is 11.1 Å². The lowest BCUT2D eigenvalue weighted by Gasteiger charge is -2.12. The molecular formula is C29H22ClFN4O4S. The van der Waals surface area contributed by atoms with Crippen LogP contribution in [0.2, 0.25) is 5.02 Å². The molecule has 11 heteroatoms. The van der Waals surface area contributed by atoms with E-state index in [-0.39, 0.29) is 29.3 Å². The number of fused-ring (bicyclic) bond motifs is 1. The summed E-state index contributed by atoms with van der Waals surface area (Å²) in [6.07, 6.45) is 2.78. The number of nitrogens with one attached hydrogen (secondary N) is 1. The number of amides is 1. The van der Waals surface area contributed by atoms with E-state index < -0.39 is 11.7 Å². The van der Waals surface area contributed by atoms with Crippen LogP contribution in [0.5, 0.6) is 11.5 Å². The highest BCUT2D eigenvalue weighted by atomic mass is 35.5. The maximum absolute atomic E-state index is 14.0. The van der Waals surface area contributed by atoms with Crippen molar-refractivity contribution in [1.29, 1.82) is 0 Å². The molecule has 0 aliphatic heterocycles. The Morgan fingerprint density at radius 1 is 1.15 bits per heavy atom. The summed E-state index contributed by atoms with van der Waals surface area (Å²) >= 11 is 7.44. The van der Waals surface area contributed by atoms with Crippen LogP contribution in [0.15, 0.2) is 88.3 Å². The molecule has 0 atom stereocenters.